The SMILES string of the molecule is CC(O)CNc1cncc(NN)n1. The van der Waals surface area contributed by atoms with Crippen LogP contribution in [0.25, 0.3) is 0 Å². The van der Waals surface area contributed by atoms with Crippen molar-refractivity contribution in [2.75, 3.05) is 17.3 Å². The van der Waals surface area contributed by atoms with Crippen molar-refractivity contribution >= 4 is 11.6 Å². The van der Waals surface area contributed by atoms with Gasteiger partial charge in [0.15, 0.2) is 5.82 Å². The first-order valence-corrected chi connectivity index (χ1v) is 3.93. The molecular formula is C7H13N5O. The molecule has 0 aliphatic heterocycles. The Hall–Kier alpha value is -1.40. The number of rotatable bonds is 4. The Bertz CT molecular complexity index is 265. The Labute approximate surface area is 76.2 Å². The normalized spacial score (nSPS) is 12.2. The molecule has 13 heavy (non-hydrogen) atoms. The monoisotopic (exact) mass is 183 g/mol. The van der Waals surface area contributed by atoms with Crippen LogP contribution in [-0.2, 0) is 0 Å². The smallest absolute Gasteiger partial charge is 0.160 e. The molecule has 1 heterocycles. The molecule has 0 aliphatic carbocycles. The zero-order chi connectivity index (χ0) is 9.68. The van der Waals surface area contributed by atoms with Crippen molar-refractivity contribution in [2.24, 2.45) is 5.84 Å². The summed E-state index contributed by atoms with van der Waals surface area (Å²) in [6.07, 6.45) is 2.65. The first-order chi connectivity index (χ1) is 6.22. The Morgan fingerprint density at radius 3 is 2.85 bits per heavy atom. The summed E-state index contributed by atoms with van der Waals surface area (Å²) in [5, 5.41) is 11.9. The van der Waals surface area contributed by atoms with E-state index in [-0.39, 0.29) is 0 Å². The van der Waals surface area contributed by atoms with Crippen LogP contribution in [-0.4, -0.2) is 27.7 Å². The molecule has 0 aromatic carbocycles. The molecule has 5 N–H and O–H groups in total. The van der Waals surface area contributed by atoms with Crippen LogP contribution >= 0.6 is 0 Å². The van der Waals surface area contributed by atoms with E-state index in [1.54, 1.807) is 13.1 Å². The second kappa shape index (κ2) is 4.58. The van der Waals surface area contributed by atoms with Crippen LogP contribution in [0.3, 0.4) is 0 Å². The molecule has 0 aliphatic rings. The predicted molar refractivity (Wildman–Crippen MR) is 50.0 cm³/mol. The zero-order valence-electron chi connectivity index (χ0n) is 7.36. The van der Waals surface area contributed by atoms with Crippen LogP contribution in [0.4, 0.5) is 11.6 Å². The minimum absolute atomic E-state index is 0.420. The molecule has 1 aromatic rings. The van der Waals surface area contributed by atoms with Crippen molar-refractivity contribution in [3.63, 3.8) is 0 Å². The van der Waals surface area contributed by atoms with Gasteiger partial charge in [-0.1, -0.05) is 0 Å². The first-order valence-electron chi connectivity index (χ1n) is 3.93. The molecule has 6 heteroatoms. The maximum Gasteiger partial charge on any atom is 0.160 e. The van der Waals surface area contributed by atoms with Gasteiger partial charge < -0.3 is 15.8 Å². The van der Waals surface area contributed by atoms with Gasteiger partial charge in [-0.25, -0.2) is 10.8 Å². The van der Waals surface area contributed by atoms with E-state index in [9.17, 15) is 0 Å². The Kier molecular flexibility index (Phi) is 3.41. The third kappa shape index (κ3) is 3.22. The second-order valence-electron chi connectivity index (χ2n) is 2.66. The van der Waals surface area contributed by atoms with Crippen molar-refractivity contribution in [2.45, 2.75) is 13.0 Å². The van der Waals surface area contributed by atoms with Crippen LogP contribution in [0.2, 0.25) is 0 Å². The van der Waals surface area contributed by atoms with Crippen molar-refractivity contribution in [1.82, 2.24) is 9.97 Å². The lowest BCUT2D eigenvalue weighted by Gasteiger charge is -2.07. The third-order valence-corrected chi connectivity index (χ3v) is 1.36. The highest BCUT2D eigenvalue weighted by Crippen LogP contribution is 2.04. The molecule has 0 saturated heterocycles. The number of aliphatic hydroxyl groups excluding tert-OH is 1. The summed E-state index contributed by atoms with van der Waals surface area (Å²) in [7, 11) is 0. The lowest BCUT2D eigenvalue weighted by atomic mass is 10.4. The fraction of sp³-hybridized carbons (Fsp3) is 0.429. The van der Waals surface area contributed by atoms with Gasteiger partial charge in [-0.2, -0.15) is 0 Å². The van der Waals surface area contributed by atoms with Crippen LogP contribution in [0.1, 0.15) is 6.92 Å². The molecule has 0 fully saturated rings. The lowest BCUT2D eigenvalue weighted by Crippen LogP contribution is -2.17. The molecule has 1 atom stereocenters. The number of anilines is 2. The van der Waals surface area contributed by atoms with Gasteiger partial charge in [0.1, 0.15) is 5.82 Å². The molecule has 1 rings (SSSR count). The number of hydrogen-bond acceptors (Lipinski definition) is 6. The summed E-state index contributed by atoms with van der Waals surface area (Å²) < 4.78 is 0. The predicted octanol–water partition coefficient (Wildman–Crippen LogP) is -0.445. The maximum absolute atomic E-state index is 8.99. The average molecular weight is 183 g/mol. The minimum Gasteiger partial charge on any atom is -0.392 e. The molecule has 0 spiro atoms. The molecule has 0 saturated carbocycles. The van der Waals surface area contributed by atoms with Gasteiger partial charge in [-0.15, -0.1) is 0 Å². The number of nitrogens with zero attached hydrogens (tertiary/aromatic N) is 2. The van der Waals surface area contributed by atoms with Crippen LogP contribution in [0.5, 0.6) is 0 Å². The number of aliphatic hydroxyl groups is 1. The summed E-state index contributed by atoms with van der Waals surface area (Å²) in [5.41, 5.74) is 2.38. The Morgan fingerprint density at radius 1 is 1.54 bits per heavy atom. The standard InChI is InChI=1S/C7H13N5O/c1-5(13)2-10-6-3-9-4-7(11-6)12-8/h3-5,13H,2,8H2,1H3,(H2,10,11,12). The molecule has 0 radical (unpaired) electrons. The zero-order valence-corrected chi connectivity index (χ0v) is 7.36. The van der Waals surface area contributed by atoms with E-state index in [2.05, 4.69) is 20.7 Å². The number of hydrogen-bond donors (Lipinski definition) is 4. The summed E-state index contributed by atoms with van der Waals surface area (Å²) in [6.45, 7) is 2.12. The molecule has 0 amide bonds. The summed E-state index contributed by atoms with van der Waals surface area (Å²) >= 11 is 0. The lowest BCUT2D eigenvalue weighted by molar-refractivity contribution is 0.208. The maximum atomic E-state index is 8.99. The number of nitrogens with two attached hydrogens (primary N) is 1. The van der Waals surface area contributed by atoms with Gasteiger partial charge in [0, 0.05) is 6.54 Å². The topological polar surface area (TPSA) is 96.1 Å². The summed E-state index contributed by atoms with van der Waals surface area (Å²) in [6, 6.07) is 0. The van der Waals surface area contributed by atoms with Crippen molar-refractivity contribution < 1.29 is 5.11 Å². The van der Waals surface area contributed by atoms with Crippen LogP contribution in [0, 0.1) is 0 Å². The number of nitrogens with one attached hydrogen (secondary N) is 2. The van der Waals surface area contributed by atoms with E-state index in [1.165, 1.54) is 6.20 Å². The van der Waals surface area contributed by atoms with Crippen molar-refractivity contribution in [3.05, 3.63) is 12.4 Å². The van der Waals surface area contributed by atoms with Gasteiger partial charge >= 0.3 is 0 Å². The van der Waals surface area contributed by atoms with E-state index in [1.807, 2.05) is 0 Å². The molecule has 6 nitrogen and oxygen atoms in total. The van der Waals surface area contributed by atoms with Gasteiger partial charge in [0.25, 0.3) is 0 Å². The van der Waals surface area contributed by atoms with Crippen LogP contribution in [0.15, 0.2) is 12.4 Å². The largest absolute Gasteiger partial charge is 0.392 e. The Balaban J connectivity index is 2.56. The Morgan fingerprint density at radius 2 is 2.23 bits per heavy atom. The van der Waals surface area contributed by atoms with E-state index in [0.29, 0.717) is 18.2 Å². The minimum atomic E-state index is -0.420. The molecule has 1 unspecified atom stereocenters. The third-order valence-electron chi connectivity index (χ3n) is 1.36. The van der Waals surface area contributed by atoms with Gasteiger partial charge in [-0.05, 0) is 6.92 Å². The van der Waals surface area contributed by atoms with Crippen molar-refractivity contribution in [1.29, 1.82) is 0 Å². The highest BCUT2D eigenvalue weighted by atomic mass is 16.3. The molecule has 1 aromatic heterocycles. The van der Waals surface area contributed by atoms with E-state index < -0.39 is 6.10 Å². The second-order valence-corrected chi connectivity index (χ2v) is 2.66. The van der Waals surface area contributed by atoms with Gasteiger partial charge in [0.2, 0.25) is 0 Å². The van der Waals surface area contributed by atoms with E-state index in [0.717, 1.165) is 0 Å². The number of aromatic nitrogens is 2. The number of nitrogen functional groups attached to an aromatic ring is 1. The molecule has 0 bridgehead atoms. The highest BCUT2D eigenvalue weighted by molar-refractivity contribution is 5.40. The highest BCUT2D eigenvalue weighted by Gasteiger charge is 1.98. The average Bonchev–Trinajstić information content (AvgIpc) is 2.15. The fourth-order valence-corrected chi connectivity index (χ4v) is 0.773. The fourth-order valence-electron chi connectivity index (χ4n) is 0.773. The van der Waals surface area contributed by atoms with Crippen molar-refractivity contribution in [3.8, 4) is 0 Å². The summed E-state index contributed by atoms with van der Waals surface area (Å²) in [4.78, 5) is 7.93. The number of hydrazine groups is 1. The van der Waals surface area contributed by atoms with Gasteiger partial charge in [-0.3, -0.25) is 4.98 Å². The summed E-state index contributed by atoms with van der Waals surface area (Å²) in [5.74, 6) is 6.21. The quantitative estimate of drug-likeness (QED) is 0.373. The molecular weight excluding hydrogens is 170 g/mol. The van der Waals surface area contributed by atoms with E-state index in [4.69, 9.17) is 10.9 Å². The van der Waals surface area contributed by atoms with E-state index >= 15 is 0 Å². The van der Waals surface area contributed by atoms with Crippen LogP contribution < -0.4 is 16.6 Å². The molecule has 72 valence electrons. The van der Waals surface area contributed by atoms with Gasteiger partial charge in [0.05, 0.1) is 18.5 Å². The first kappa shape index (κ1) is 9.69.